The molecule has 0 amide bonds. The van der Waals surface area contributed by atoms with E-state index in [-0.39, 0.29) is 6.10 Å². The van der Waals surface area contributed by atoms with Gasteiger partial charge in [-0.1, -0.05) is 0 Å². The van der Waals surface area contributed by atoms with Crippen molar-refractivity contribution in [2.45, 2.75) is 12.5 Å². The first-order valence-corrected chi connectivity index (χ1v) is 3.94. The quantitative estimate of drug-likeness (QED) is 0.555. The summed E-state index contributed by atoms with van der Waals surface area (Å²) < 4.78 is 10.0. The predicted molar refractivity (Wildman–Crippen MR) is 45.8 cm³/mol. The Labute approximate surface area is 73.5 Å². The van der Waals surface area contributed by atoms with Crippen LogP contribution in [0.4, 0.5) is 0 Å². The Morgan fingerprint density at radius 2 is 2.25 bits per heavy atom. The van der Waals surface area contributed by atoms with E-state index in [1.165, 1.54) is 0 Å². The fraction of sp³-hybridized carbons (Fsp3) is 0.875. The Bertz CT molecular complexity index is 134. The van der Waals surface area contributed by atoms with Crippen LogP contribution in [0.5, 0.6) is 0 Å². The average molecular weight is 172 g/mol. The van der Waals surface area contributed by atoms with Crippen LogP contribution in [-0.4, -0.2) is 40.0 Å². The molecule has 0 aromatic carbocycles. The monoisotopic (exact) mass is 172 g/mol. The smallest absolute Gasteiger partial charge is 0.0928 e. The zero-order valence-corrected chi connectivity index (χ0v) is 7.67. The van der Waals surface area contributed by atoms with Crippen molar-refractivity contribution in [3.63, 3.8) is 0 Å². The maximum Gasteiger partial charge on any atom is 0.0928 e. The fourth-order valence-electron chi connectivity index (χ4n) is 0.804. The van der Waals surface area contributed by atoms with Crippen molar-refractivity contribution in [2.24, 2.45) is 0 Å². The largest absolute Gasteiger partial charge is 0.382 e. The third-order valence-corrected chi connectivity index (χ3v) is 1.47. The van der Waals surface area contributed by atoms with Gasteiger partial charge in [-0.2, -0.15) is 5.26 Å². The van der Waals surface area contributed by atoms with Crippen LogP contribution in [0.15, 0.2) is 0 Å². The van der Waals surface area contributed by atoms with Gasteiger partial charge in [-0.3, -0.25) is 0 Å². The van der Waals surface area contributed by atoms with Crippen molar-refractivity contribution in [1.29, 1.82) is 5.26 Å². The standard InChI is InChI=1S/C8H16N2O2/c1-11-7-8(12-2)6-10-5-3-4-9/h8,10H,3,5-7H2,1-2H3. The minimum Gasteiger partial charge on any atom is -0.382 e. The van der Waals surface area contributed by atoms with E-state index < -0.39 is 0 Å². The Hall–Kier alpha value is -0.630. The SMILES string of the molecule is COCC(CNCCC#N)OC. The molecule has 0 heterocycles. The van der Waals surface area contributed by atoms with Crippen LogP contribution in [0.3, 0.4) is 0 Å². The number of nitrogens with one attached hydrogen (secondary N) is 1. The van der Waals surface area contributed by atoms with E-state index in [0.717, 1.165) is 6.54 Å². The number of nitriles is 1. The van der Waals surface area contributed by atoms with Crippen LogP contribution in [0.1, 0.15) is 6.42 Å². The molecular weight excluding hydrogens is 156 g/mol. The lowest BCUT2D eigenvalue weighted by Gasteiger charge is -2.13. The second-order valence-electron chi connectivity index (χ2n) is 2.43. The molecule has 0 radical (unpaired) electrons. The van der Waals surface area contributed by atoms with Crippen LogP contribution in [0.2, 0.25) is 0 Å². The number of hydrogen-bond acceptors (Lipinski definition) is 4. The Kier molecular flexibility index (Phi) is 8.02. The summed E-state index contributed by atoms with van der Waals surface area (Å²) in [6, 6.07) is 2.06. The second kappa shape index (κ2) is 8.47. The maximum atomic E-state index is 8.25. The van der Waals surface area contributed by atoms with Crippen LogP contribution in [-0.2, 0) is 9.47 Å². The summed E-state index contributed by atoms with van der Waals surface area (Å²) in [4.78, 5) is 0. The first kappa shape index (κ1) is 11.4. The Balaban J connectivity index is 3.26. The zero-order valence-electron chi connectivity index (χ0n) is 7.67. The van der Waals surface area contributed by atoms with Crippen molar-refractivity contribution in [1.82, 2.24) is 5.32 Å². The van der Waals surface area contributed by atoms with Gasteiger partial charge in [0.25, 0.3) is 0 Å². The summed E-state index contributed by atoms with van der Waals surface area (Å²) in [5.74, 6) is 0. The number of methoxy groups -OCH3 is 2. The lowest BCUT2D eigenvalue weighted by atomic mass is 10.3. The summed E-state index contributed by atoms with van der Waals surface area (Å²) >= 11 is 0. The van der Waals surface area contributed by atoms with E-state index in [9.17, 15) is 0 Å². The molecule has 70 valence electrons. The summed E-state index contributed by atoms with van der Waals surface area (Å²) in [5.41, 5.74) is 0. The summed E-state index contributed by atoms with van der Waals surface area (Å²) in [5, 5.41) is 11.3. The average Bonchev–Trinajstić information content (AvgIpc) is 2.10. The molecule has 0 bridgehead atoms. The van der Waals surface area contributed by atoms with Gasteiger partial charge in [-0.25, -0.2) is 0 Å². The van der Waals surface area contributed by atoms with E-state index in [1.807, 2.05) is 0 Å². The molecule has 12 heavy (non-hydrogen) atoms. The number of hydrogen-bond donors (Lipinski definition) is 1. The normalized spacial score (nSPS) is 12.4. The number of nitrogens with zero attached hydrogens (tertiary/aromatic N) is 1. The maximum absolute atomic E-state index is 8.25. The van der Waals surface area contributed by atoms with E-state index in [0.29, 0.717) is 19.6 Å². The van der Waals surface area contributed by atoms with Gasteiger partial charge in [-0.15, -0.1) is 0 Å². The van der Waals surface area contributed by atoms with Gasteiger partial charge in [0.05, 0.1) is 18.8 Å². The van der Waals surface area contributed by atoms with Gasteiger partial charge < -0.3 is 14.8 Å². The van der Waals surface area contributed by atoms with Crippen LogP contribution in [0, 0.1) is 11.3 Å². The number of rotatable bonds is 7. The summed E-state index contributed by atoms with van der Waals surface area (Å²) in [7, 11) is 3.29. The van der Waals surface area contributed by atoms with Crippen molar-refractivity contribution in [3.8, 4) is 6.07 Å². The second-order valence-corrected chi connectivity index (χ2v) is 2.43. The molecular formula is C8H16N2O2. The lowest BCUT2D eigenvalue weighted by Crippen LogP contribution is -2.32. The van der Waals surface area contributed by atoms with Crippen LogP contribution >= 0.6 is 0 Å². The van der Waals surface area contributed by atoms with Crippen LogP contribution < -0.4 is 5.32 Å². The Morgan fingerprint density at radius 3 is 2.75 bits per heavy atom. The molecule has 0 rings (SSSR count). The predicted octanol–water partition coefficient (Wildman–Crippen LogP) is 0.151. The fourth-order valence-corrected chi connectivity index (χ4v) is 0.804. The van der Waals surface area contributed by atoms with Crippen molar-refractivity contribution >= 4 is 0 Å². The van der Waals surface area contributed by atoms with Crippen LogP contribution in [0.25, 0.3) is 0 Å². The van der Waals surface area contributed by atoms with Gasteiger partial charge in [0, 0.05) is 33.7 Å². The molecule has 1 atom stereocenters. The van der Waals surface area contributed by atoms with Gasteiger partial charge in [0.2, 0.25) is 0 Å². The first-order valence-electron chi connectivity index (χ1n) is 3.94. The molecule has 0 aliphatic rings. The summed E-state index contributed by atoms with van der Waals surface area (Å²) in [6.45, 7) is 2.02. The minimum absolute atomic E-state index is 0.0775. The van der Waals surface area contributed by atoms with E-state index >= 15 is 0 Å². The molecule has 0 spiro atoms. The van der Waals surface area contributed by atoms with E-state index in [4.69, 9.17) is 14.7 Å². The van der Waals surface area contributed by atoms with Gasteiger partial charge in [0.1, 0.15) is 0 Å². The third kappa shape index (κ3) is 6.10. The summed E-state index contributed by atoms with van der Waals surface area (Å²) in [6.07, 6.45) is 0.609. The van der Waals surface area contributed by atoms with Gasteiger partial charge in [-0.05, 0) is 0 Å². The lowest BCUT2D eigenvalue weighted by molar-refractivity contribution is 0.0291. The van der Waals surface area contributed by atoms with Crippen molar-refractivity contribution in [2.75, 3.05) is 33.9 Å². The molecule has 0 aromatic rings. The molecule has 0 saturated carbocycles. The highest BCUT2D eigenvalue weighted by Gasteiger charge is 2.04. The zero-order chi connectivity index (χ0) is 9.23. The number of ether oxygens (including phenoxy) is 2. The highest BCUT2D eigenvalue weighted by molar-refractivity contribution is 4.71. The first-order chi connectivity index (χ1) is 5.85. The third-order valence-electron chi connectivity index (χ3n) is 1.47. The molecule has 1 N–H and O–H groups in total. The highest BCUT2D eigenvalue weighted by atomic mass is 16.5. The molecule has 0 aliphatic carbocycles. The van der Waals surface area contributed by atoms with E-state index in [2.05, 4.69) is 11.4 Å². The van der Waals surface area contributed by atoms with Gasteiger partial charge >= 0.3 is 0 Å². The minimum atomic E-state index is 0.0775. The Morgan fingerprint density at radius 1 is 1.50 bits per heavy atom. The molecule has 4 heteroatoms. The molecule has 1 unspecified atom stereocenters. The topological polar surface area (TPSA) is 54.3 Å². The van der Waals surface area contributed by atoms with E-state index in [1.54, 1.807) is 14.2 Å². The van der Waals surface area contributed by atoms with Crippen molar-refractivity contribution in [3.05, 3.63) is 0 Å². The highest BCUT2D eigenvalue weighted by Crippen LogP contribution is 1.88. The molecule has 0 aliphatic heterocycles. The molecule has 0 fully saturated rings. The van der Waals surface area contributed by atoms with Gasteiger partial charge in [0.15, 0.2) is 0 Å². The molecule has 0 aromatic heterocycles. The van der Waals surface area contributed by atoms with Crippen molar-refractivity contribution < 1.29 is 9.47 Å². The molecule has 0 saturated heterocycles. The molecule has 4 nitrogen and oxygen atoms in total.